The van der Waals surface area contributed by atoms with E-state index in [2.05, 4.69) is 20.4 Å². The summed E-state index contributed by atoms with van der Waals surface area (Å²) in [6.45, 7) is 5.50. The number of carbonyl (C=O) groups excluding carboxylic acids is 1. The largest absolute Gasteiger partial charge is 0.480 e. The van der Waals surface area contributed by atoms with Gasteiger partial charge in [-0.3, -0.25) is 4.79 Å². The van der Waals surface area contributed by atoms with E-state index in [1.54, 1.807) is 0 Å². The Morgan fingerprint density at radius 2 is 2.10 bits per heavy atom. The molecule has 2 N–H and O–H groups in total. The van der Waals surface area contributed by atoms with Gasteiger partial charge in [0.1, 0.15) is 6.04 Å². The average molecular weight is 291 g/mol. The van der Waals surface area contributed by atoms with Crippen LogP contribution in [0.4, 0.5) is 0 Å². The minimum atomic E-state index is -1.07. The third kappa shape index (κ3) is 3.15. The zero-order valence-electron chi connectivity index (χ0n) is 12.1. The molecule has 0 saturated carbocycles. The molecule has 0 aromatic carbocycles. The van der Waals surface area contributed by atoms with Crippen LogP contribution in [0.1, 0.15) is 41.8 Å². The maximum absolute atomic E-state index is 12.1. The number of nitrogens with one attached hydrogen (secondary N) is 1. The highest BCUT2D eigenvalue weighted by Gasteiger charge is 2.22. The Hall–Kier alpha value is -2.51. The second-order valence-electron chi connectivity index (χ2n) is 4.84. The van der Waals surface area contributed by atoms with Gasteiger partial charge in [-0.1, -0.05) is 13.3 Å². The smallest absolute Gasteiger partial charge is 0.326 e. The van der Waals surface area contributed by atoms with E-state index in [1.165, 1.54) is 4.52 Å². The number of aromatic nitrogens is 4. The normalized spacial score (nSPS) is 12.3. The van der Waals surface area contributed by atoms with E-state index in [0.29, 0.717) is 18.6 Å². The van der Waals surface area contributed by atoms with Gasteiger partial charge in [-0.2, -0.15) is 4.98 Å². The molecule has 0 aliphatic carbocycles. The number of hydrogen-bond donors (Lipinski definition) is 2. The van der Waals surface area contributed by atoms with Crippen LogP contribution in [0.2, 0.25) is 0 Å². The molecule has 0 spiro atoms. The molecule has 0 aliphatic heterocycles. The van der Waals surface area contributed by atoms with Gasteiger partial charge in [-0.15, -0.1) is 5.10 Å². The summed E-state index contributed by atoms with van der Waals surface area (Å²) in [7, 11) is 0. The molecule has 0 bridgehead atoms. The second kappa shape index (κ2) is 5.86. The van der Waals surface area contributed by atoms with E-state index < -0.39 is 17.9 Å². The van der Waals surface area contributed by atoms with Crippen molar-refractivity contribution >= 4 is 17.7 Å². The third-order valence-electron chi connectivity index (χ3n) is 3.00. The van der Waals surface area contributed by atoms with Gasteiger partial charge in [0.2, 0.25) is 5.82 Å². The Kier molecular flexibility index (Phi) is 4.15. The molecule has 0 fully saturated rings. The standard InChI is InChI=1S/C13H17N5O3/c1-4-5-9(12(20)21)15-11(19)10-16-13-14-7(2)6-8(3)18(13)17-10/h6,9H,4-5H2,1-3H3,(H,15,19)(H,20,21)/t9-/m1/s1. The van der Waals surface area contributed by atoms with Gasteiger partial charge in [-0.25, -0.2) is 14.3 Å². The fraction of sp³-hybridized carbons (Fsp3) is 0.462. The molecule has 2 rings (SSSR count). The Balaban J connectivity index is 2.27. The lowest BCUT2D eigenvalue weighted by molar-refractivity contribution is -0.139. The van der Waals surface area contributed by atoms with Crippen LogP contribution >= 0.6 is 0 Å². The van der Waals surface area contributed by atoms with Gasteiger partial charge < -0.3 is 10.4 Å². The molecule has 21 heavy (non-hydrogen) atoms. The van der Waals surface area contributed by atoms with Crippen LogP contribution in [-0.4, -0.2) is 42.6 Å². The van der Waals surface area contributed by atoms with Crippen molar-refractivity contribution in [3.63, 3.8) is 0 Å². The van der Waals surface area contributed by atoms with E-state index >= 15 is 0 Å². The van der Waals surface area contributed by atoms with Gasteiger partial charge in [0, 0.05) is 11.4 Å². The number of carboxylic acids is 1. The first kappa shape index (κ1) is 14.9. The van der Waals surface area contributed by atoms with Crippen LogP contribution < -0.4 is 5.32 Å². The molecular weight excluding hydrogens is 274 g/mol. The van der Waals surface area contributed by atoms with Crippen molar-refractivity contribution in [2.45, 2.75) is 39.7 Å². The fourth-order valence-corrected chi connectivity index (χ4v) is 2.03. The Morgan fingerprint density at radius 3 is 2.71 bits per heavy atom. The summed E-state index contributed by atoms with van der Waals surface area (Å²) >= 11 is 0. The first-order valence-electron chi connectivity index (χ1n) is 6.67. The molecule has 2 aromatic rings. The Labute approximate surface area is 121 Å². The number of aryl methyl sites for hydroxylation is 2. The lowest BCUT2D eigenvalue weighted by atomic mass is 10.1. The molecule has 0 unspecified atom stereocenters. The summed E-state index contributed by atoms with van der Waals surface area (Å²) in [6, 6.07) is 0.880. The summed E-state index contributed by atoms with van der Waals surface area (Å²) in [5.74, 6) is -1.45. The quantitative estimate of drug-likeness (QED) is 0.840. The van der Waals surface area contributed by atoms with Crippen molar-refractivity contribution in [3.8, 4) is 0 Å². The summed E-state index contributed by atoms with van der Waals surface area (Å²) in [5, 5.41) is 15.5. The van der Waals surface area contributed by atoms with Crippen molar-refractivity contribution in [1.29, 1.82) is 0 Å². The Morgan fingerprint density at radius 1 is 1.38 bits per heavy atom. The molecule has 0 saturated heterocycles. The van der Waals surface area contributed by atoms with Crippen LogP contribution in [0.3, 0.4) is 0 Å². The highest BCUT2D eigenvalue weighted by Crippen LogP contribution is 2.06. The molecule has 8 nitrogen and oxygen atoms in total. The highest BCUT2D eigenvalue weighted by atomic mass is 16.4. The number of nitrogens with zero attached hydrogens (tertiary/aromatic N) is 4. The topological polar surface area (TPSA) is 109 Å². The van der Waals surface area contributed by atoms with Gasteiger partial charge in [0.15, 0.2) is 0 Å². The van der Waals surface area contributed by atoms with Crippen molar-refractivity contribution in [3.05, 3.63) is 23.3 Å². The monoisotopic (exact) mass is 291 g/mol. The molecule has 0 radical (unpaired) electrons. The third-order valence-corrected chi connectivity index (χ3v) is 3.00. The van der Waals surface area contributed by atoms with Crippen molar-refractivity contribution < 1.29 is 14.7 Å². The molecule has 1 atom stereocenters. The van der Waals surface area contributed by atoms with Crippen LogP contribution in [0, 0.1) is 13.8 Å². The molecule has 112 valence electrons. The number of rotatable bonds is 5. The number of carbonyl (C=O) groups is 2. The molecule has 1 amide bonds. The fourth-order valence-electron chi connectivity index (χ4n) is 2.03. The van der Waals surface area contributed by atoms with Crippen LogP contribution in [0.15, 0.2) is 6.07 Å². The first-order valence-corrected chi connectivity index (χ1v) is 6.67. The van der Waals surface area contributed by atoms with E-state index in [0.717, 1.165) is 11.4 Å². The maximum atomic E-state index is 12.1. The predicted molar refractivity (Wildman–Crippen MR) is 74.1 cm³/mol. The zero-order chi connectivity index (χ0) is 15.6. The van der Waals surface area contributed by atoms with Crippen LogP contribution in [0.5, 0.6) is 0 Å². The van der Waals surface area contributed by atoms with Crippen molar-refractivity contribution in [2.24, 2.45) is 0 Å². The number of hydrogen-bond acceptors (Lipinski definition) is 5. The Bertz CT molecular complexity index is 694. The highest BCUT2D eigenvalue weighted by molar-refractivity contribution is 5.93. The van der Waals surface area contributed by atoms with E-state index in [9.17, 15) is 9.59 Å². The zero-order valence-corrected chi connectivity index (χ0v) is 12.1. The molecule has 8 heteroatoms. The van der Waals surface area contributed by atoms with Gasteiger partial charge in [0.25, 0.3) is 11.7 Å². The summed E-state index contributed by atoms with van der Waals surface area (Å²) < 4.78 is 1.46. The summed E-state index contributed by atoms with van der Waals surface area (Å²) in [4.78, 5) is 31.3. The van der Waals surface area contributed by atoms with Crippen molar-refractivity contribution in [2.75, 3.05) is 0 Å². The number of fused-ring (bicyclic) bond motifs is 1. The lowest BCUT2D eigenvalue weighted by Gasteiger charge is -2.11. The van der Waals surface area contributed by atoms with E-state index in [1.807, 2.05) is 26.8 Å². The second-order valence-corrected chi connectivity index (χ2v) is 4.84. The predicted octanol–water partition coefficient (Wildman–Crippen LogP) is 0.724. The van der Waals surface area contributed by atoms with E-state index in [4.69, 9.17) is 5.11 Å². The lowest BCUT2D eigenvalue weighted by Crippen LogP contribution is -2.41. The molecular formula is C13H17N5O3. The maximum Gasteiger partial charge on any atom is 0.326 e. The minimum absolute atomic E-state index is 0.0847. The van der Waals surface area contributed by atoms with Gasteiger partial charge in [0.05, 0.1) is 0 Å². The van der Waals surface area contributed by atoms with Crippen LogP contribution in [-0.2, 0) is 4.79 Å². The molecule has 2 heterocycles. The summed E-state index contributed by atoms with van der Waals surface area (Å²) in [5.41, 5.74) is 1.57. The van der Waals surface area contributed by atoms with Gasteiger partial charge in [-0.05, 0) is 26.3 Å². The van der Waals surface area contributed by atoms with E-state index in [-0.39, 0.29) is 5.82 Å². The number of amides is 1. The first-order chi connectivity index (χ1) is 9.92. The average Bonchev–Trinajstić information content (AvgIpc) is 2.82. The SMILES string of the molecule is CCC[C@@H](NC(=O)c1nc2nc(C)cc(C)n2n1)C(=O)O. The van der Waals surface area contributed by atoms with Crippen LogP contribution in [0.25, 0.3) is 5.78 Å². The summed E-state index contributed by atoms with van der Waals surface area (Å²) in [6.07, 6.45) is 1.00. The number of aliphatic carboxylic acids is 1. The number of carboxylic acid groups (broad SMARTS) is 1. The minimum Gasteiger partial charge on any atom is -0.480 e. The van der Waals surface area contributed by atoms with Gasteiger partial charge >= 0.3 is 5.97 Å². The molecule has 0 aliphatic rings. The van der Waals surface area contributed by atoms with Crippen molar-refractivity contribution in [1.82, 2.24) is 24.9 Å². The molecule has 2 aromatic heterocycles.